The molecular weight excluding hydrogens is 340 g/mol. The molecule has 3 heterocycles. The predicted octanol–water partition coefficient (Wildman–Crippen LogP) is 1.34. The lowest BCUT2D eigenvalue weighted by molar-refractivity contribution is -0.126. The van der Waals surface area contributed by atoms with Crippen molar-refractivity contribution in [3.05, 3.63) is 23.0 Å². The Balaban J connectivity index is 1.53. The molecule has 1 aliphatic rings. The van der Waals surface area contributed by atoms with Crippen molar-refractivity contribution in [1.82, 2.24) is 25.3 Å². The van der Waals surface area contributed by atoms with Crippen molar-refractivity contribution < 1.29 is 9.59 Å². The van der Waals surface area contributed by atoms with Crippen LogP contribution >= 0.6 is 11.3 Å². The third kappa shape index (κ3) is 4.04. The van der Waals surface area contributed by atoms with Crippen LogP contribution < -0.4 is 10.2 Å². The maximum atomic E-state index is 12.3. The quantitative estimate of drug-likeness (QED) is 0.837. The van der Waals surface area contributed by atoms with E-state index in [4.69, 9.17) is 0 Å². The first-order valence-electron chi connectivity index (χ1n) is 8.35. The minimum absolute atomic E-state index is 0.0747. The van der Waals surface area contributed by atoms with Crippen LogP contribution in [0.15, 0.2) is 12.3 Å². The molecule has 1 aliphatic heterocycles. The zero-order valence-corrected chi connectivity index (χ0v) is 15.4. The van der Waals surface area contributed by atoms with Crippen LogP contribution in [0.25, 0.3) is 0 Å². The summed E-state index contributed by atoms with van der Waals surface area (Å²) < 4.78 is 1.79. The average Bonchev–Trinajstić information content (AvgIpc) is 3.26. The molecule has 0 saturated carbocycles. The van der Waals surface area contributed by atoms with Crippen molar-refractivity contribution in [3.63, 3.8) is 0 Å². The number of nitrogens with zero attached hydrogens (tertiary/aromatic N) is 5. The van der Waals surface area contributed by atoms with Crippen LogP contribution in [0.1, 0.15) is 36.9 Å². The first-order valence-corrected chi connectivity index (χ1v) is 9.17. The summed E-state index contributed by atoms with van der Waals surface area (Å²) in [4.78, 5) is 26.1. The van der Waals surface area contributed by atoms with Gasteiger partial charge in [-0.3, -0.25) is 19.2 Å². The maximum Gasteiger partial charge on any atom is 0.229 e. The summed E-state index contributed by atoms with van der Waals surface area (Å²) in [5, 5.41) is 16.8. The molecule has 3 rings (SSSR count). The van der Waals surface area contributed by atoms with Gasteiger partial charge in [0, 0.05) is 31.6 Å². The summed E-state index contributed by atoms with van der Waals surface area (Å²) in [5.41, 5.74) is 0.946. The minimum atomic E-state index is -0.349. The largest absolute Gasteiger partial charge is 0.354 e. The molecule has 1 fully saturated rings. The fourth-order valence-corrected chi connectivity index (χ4v) is 3.54. The molecule has 2 aromatic rings. The van der Waals surface area contributed by atoms with Gasteiger partial charge < -0.3 is 5.32 Å². The molecule has 0 spiro atoms. The second kappa shape index (κ2) is 7.30. The van der Waals surface area contributed by atoms with Crippen molar-refractivity contribution in [2.75, 3.05) is 18.0 Å². The van der Waals surface area contributed by atoms with Crippen LogP contribution in [-0.2, 0) is 16.1 Å². The lowest BCUT2D eigenvalue weighted by atomic mass is 10.1. The summed E-state index contributed by atoms with van der Waals surface area (Å²) in [5.74, 6) is -0.255. The van der Waals surface area contributed by atoms with Crippen molar-refractivity contribution in [2.24, 2.45) is 5.92 Å². The number of anilines is 1. The van der Waals surface area contributed by atoms with Crippen molar-refractivity contribution in [2.45, 2.75) is 39.7 Å². The molecule has 0 bridgehead atoms. The number of carbonyl (C=O) groups excluding carboxylic acids is 2. The zero-order valence-electron chi connectivity index (χ0n) is 14.6. The Bertz CT molecular complexity index is 768. The first-order chi connectivity index (χ1) is 11.9. The van der Waals surface area contributed by atoms with E-state index in [1.54, 1.807) is 9.58 Å². The van der Waals surface area contributed by atoms with E-state index in [0.29, 0.717) is 24.8 Å². The number of hydrogen-bond acceptors (Lipinski definition) is 6. The Morgan fingerprint density at radius 1 is 1.44 bits per heavy atom. The molecule has 1 atom stereocenters. The molecule has 1 unspecified atom stereocenters. The van der Waals surface area contributed by atoms with Gasteiger partial charge in [-0.05, 0) is 13.0 Å². The molecular formula is C16H22N6O2S. The van der Waals surface area contributed by atoms with E-state index in [9.17, 15) is 9.59 Å². The van der Waals surface area contributed by atoms with Gasteiger partial charge in [0.05, 0.1) is 18.2 Å². The topological polar surface area (TPSA) is 93.0 Å². The second-order valence-electron chi connectivity index (χ2n) is 6.49. The Morgan fingerprint density at radius 2 is 2.24 bits per heavy atom. The average molecular weight is 362 g/mol. The fourth-order valence-electron chi connectivity index (χ4n) is 2.66. The monoisotopic (exact) mass is 362 g/mol. The van der Waals surface area contributed by atoms with E-state index in [2.05, 4.69) is 20.6 Å². The second-order valence-corrected chi connectivity index (χ2v) is 7.48. The highest BCUT2D eigenvalue weighted by atomic mass is 32.1. The Kier molecular flexibility index (Phi) is 5.12. The Morgan fingerprint density at radius 3 is 2.88 bits per heavy atom. The maximum absolute atomic E-state index is 12.3. The third-order valence-corrected chi connectivity index (χ3v) is 5.31. The van der Waals surface area contributed by atoms with E-state index in [1.165, 1.54) is 11.3 Å². The van der Waals surface area contributed by atoms with Crippen LogP contribution in [0.5, 0.6) is 0 Å². The highest BCUT2D eigenvalue weighted by molar-refractivity contribution is 7.15. The molecule has 1 N–H and O–H groups in total. The summed E-state index contributed by atoms with van der Waals surface area (Å²) in [6.45, 7) is 7.45. The van der Waals surface area contributed by atoms with Crippen LogP contribution in [0.2, 0.25) is 0 Å². The lowest BCUT2D eigenvalue weighted by Gasteiger charge is -2.12. The van der Waals surface area contributed by atoms with Gasteiger partial charge in [0.25, 0.3) is 0 Å². The highest BCUT2D eigenvalue weighted by Gasteiger charge is 2.36. The molecule has 0 aromatic carbocycles. The molecule has 9 heteroatoms. The first kappa shape index (κ1) is 17.5. The lowest BCUT2D eigenvalue weighted by Crippen LogP contribution is -2.34. The van der Waals surface area contributed by atoms with E-state index < -0.39 is 0 Å². The van der Waals surface area contributed by atoms with E-state index >= 15 is 0 Å². The SMILES string of the molecule is Cc1ccn(CCNC(=O)C2CC(=O)N(c3nnc(C(C)C)s3)C2)n1. The molecule has 2 aromatic heterocycles. The van der Waals surface area contributed by atoms with Crippen LogP contribution in [-0.4, -0.2) is 44.9 Å². The molecule has 2 amide bonds. The van der Waals surface area contributed by atoms with Gasteiger partial charge in [-0.1, -0.05) is 25.2 Å². The van der Waals surface area contributed by atoms with E-state index in [-0.39, 0.29) is 30.1 Å². The zero-order chi connectivity index (χ0) is 18.0. The molecule has 0 aliphatic carbocycles. The van der Waals surface area contributed by atoms with Crippen LogP contribution in [0.4, 0.5) is 5.13 Å². The highest BCUT2D eigenvalue weighted by Crippen LogP contribution is 2.30. The molecule has 0 radical (unpaired) electrons. The number of hydrogen-bond donors (Lipinski definition) is 1. The standard InChI is InChI=1S/C16H22N6O2S/c1-10(2)15-18-19-16(25-15)22-9-12(8-13(22)23)14(24)17-5-7-21-6-4-11(3)20-21/h4,6,10,12H,5,7-9H2,1-3H3,(H,17,24). The number of carbonyl (C=O) groups is 2. The van der Waals surface area contributed by atoms with Crippen molar-refractivity contribution in [1.29, 1.82) is 0 Å². The number of nitrogens with one attached hydrogen (secondary N) is 1. The molecule has 25 heavy (non-hydrogen) atoms. The number of rotatable bonds is 6. The normalized spacial score (nSPS) is 17.5. The van der Waals surface area contributed by atoms with Gasteiger partial charge in [0.1, 0.15) is 5.01 Å². The van der Waals surface area contributed by atoms with Crippen LogP contribution in [0, 0.1) is 12.8 Å². The van der Waals surface area contributed by atoms with Gasteiger partial charge >= 0.3 is 0 Å². The van der Waals surface area contributed by atoms with Crippen LogP contribution in [0.3, 0.4) is 0 Å². The number of amides is 2. The molecule has 134 valence electrons. The molecule has 1 saturated heterocycles. The smallest absolute Gasteiger partial charge is 0.229 e. The van der Waals surface area contributed by atoms with E-state index in [1.807, 2.05) is 33.0 Å². The Labute approximate surface area is 150 Å². The van der Waals surface area contributed by atoms with Crippen molar-refractivity contribution >= 4 is 28.3 Å². The summed E-state index contributed by atoms with van der Waals surface area (Å²) in [7, 11) is 0. The van der Waals surface area contributed by atoms with E-state index in [0.717, 1.165) is 10.7 Å². The summed E-state index contributed by atoms with van der Waals surface area (Å²) in [6, 6.07) is 1.92. The summed E-state index contributed by atoms with van der Waals surface area (Å²) >= 11 is 1.41. The van der Waals surface area contributed by atoms with Gasteiger partial charge in [0.15, 0.2) is 0 Å². The fraction of sp³-hybridized carbons (Fsp3) is 0.562. The minimum Gasteiger partial charge on any atom is -0.354 e. The van der Waals surface area contributed by atoms with Gasteiger partial charge in [-0.2, -0.15) is 5.10 Å². The predicted molar refractivity (Wildman–Crippen MR) is 94.4 cm³/mol. The molecule has 8 nitrogen and oxygen atoms in total. The van der Waals surface area contributed by atoms with Gasteiger partial charge in [0.2, 0.25) is 16.9 Å². The number of aryl methyl sites for hydroxylation is 1. The van der Waals surface area contributed by atoms with Crippen molar-refractivity contribution in [3.8, 4) is 0 Å². The number of aromatic nitrogens is 4. The third-order valence-electron chi connectivity index (χ3n) is 4.06. The Hall–Kier alpha value is -2.29. The van der Waals surface area contributed by atoms with Gasteiger partial charge in [-0.25, -0.2) is 0 Å². The summed E-state index contributed by atoms with van der Waals surface area (Å²) in [6.07, 6.45) is 2.09. The van der Waals surface area contributed by atoms with Gasteiger partial charge in [-0.15, -0.1) is 10.2 Å².